The van der Waals surface area contributed by atoms with Crippen LogP contribution in [0.1, 0.15) is 55.8 Å². The molecule has 1 unspecified atom stereocenters. The number of nitrogens with zero attached hydrogens (tertiary/aromatic N) is 3. The standard InChI is InChI=1S/C20H31N3O2/c1-16(25)18-7-8-20(21-13-18)23-11-10-22(19(15-23)9-12-24)14-17-5-3-2-4-6-17/h7-8,13,17,19,24H,2-6,9-12,14-15H2,1H3. The number of anilines is 1. The highest BCUT2D eigenvalue weighted by Gasteiger charge is 2.29. The second-order valence-corrected chi connectivity index (χ2v) is 7.57. The largest absolute Gasteiger partial charge is 0.396 e. The van der Waals surface area contributed by atoms with Gasteiger partial charge in [0, 0.05) is 50.6 Å². The van der Waals surface area contributed by atoms with E-state index in [-0.39, 0.29) is 12.4 Å². The summed E-state index contributed by atoms with van der Waals surface area (Å²) < 4.78 is 0. The first-order chi connectivity index (χ1) is 12.2. The van der Waals surface area contributed by atoms with Crippen molar-refractivity contribution in [3.63, 3.8) is 0 Å². The fourth-order valence-corrected chi connectivity index (χ4v) is 4.25. The molecule has 1 atom stereocenters. The Hall–Kier alpha value is -1.46. The third-order valence-electron chi connectivity index (χ3n) is 5.76. The SMILES string of the molecule is CC(=O)c1ccc(N2CCN(CC3CCCCC3)C(CCO)C2)nc1. The van der Waals surface area contributed by atoms with Gasteiger partial charge in [0.1, 0.15) is 5.82 Å². The summed E-state index contributed by atoms with van der Waals surface area (Å²) in [5, 5.41) is 9.50. The summed E-state index contributed by atoms with van der Waals surface area (Å²) in [4.78, 5) is 20.8. The number of piperazine rings is 1. The van der Waals surface area contributed by atoms with Crippen LogP contribution in [0.15, 0.2) is 18.3 Å². The van der Waals surface area contributed by atoms with Crippen LogP contribution in [-0.4, -0.2) is 59.6 Å². The summed E-state index contributed by atoms with van der Waals surface area (Å²) in [7, 11) is 0. The number of carbonyl (C=O) groups excluding carboxylic acids is 1. The van der Waals surface area contributed by atoms with Gasteiger partial charge in [0.05, 0.1) is 0 Å². The van der Waals surface area contributed by atoms with E-state index in [1.807, 2.05) is 12.1 Å². The Balaban J connectivity index is 1.62. The fraction of sp³-hybridized carbons (Fsp3) is 0.700. The molecule has 5 heteroatoms. The average molecular weight is 345 g/mol. The number of aliphatic hydroxyl groups is 1. The smallest absolute Gasteiger partial charge is 0.161 e. The molecule has 0 aromatic carbocycles. The van der Waals surface area contributed by atoms with Gasteiger partial charge in [-0.15, -0.1) is 0 Å². The Bertz CT molecular complexity index is 555. The van der Waals surface area contributed by atoms with Crippen LogP contribution >= 0.6 is 0 Å². The molecule has 1 saturated carbocycles. The maximum atomic E-state index is 11.4. The first-order valence-electron chi connectivity index (χ1n) is 9.74. The maximum absolute atomic E-state index is 11.4. The van der Waals surface area contributed by atoms with Gasteiger partial charge in [-0.3, -0.25) is 9.69 Å². The van der Waals surface area contributed by atoms with Crippen LogP contribution in [0.25, 0.3) is 0 Å². The molecule has 0 bridgehead atoms. The van der Waals surface area contributed by atoms with Gasteiger partial charge < -0.3 is 10.0 Å². The molecule has 2 aliphatic rings. The van der Waals surface area contributed by atoms with Crippen molar-refractivity contribution >= 4 is 11.6 Å². The molecule has 2 heterocycles. The highest BCUT2D eigenvalue weighted by Crippen LogP contribution is 2.27. The van der Waals surface area contributed by atoms with E-state index in [2.05, 4.69) is 14.8 Å². The van der Waals surface area contributed by atoms with Crippen molar-refractivity contribution in [1.29, 1.82) is 0 Å². The number of hydrogen-bond acceptors (Lipinski definition) is 5. The Kier molecular flexibility index (Phi) is 6.43. The van der Waals surface area contributed by atoms with Crippen LogP contribution in [0, 0.1) is 5.92 Å². The zero-order valence-corrected chi connectivity index (χ0v) is 15.4. The lowest BCUT2D eigenvalue weighted by Gasteiger charge is -2.43. The van der Waals surface area contributed by atoms with Crippen molar-refractivity contribution in [1.82, 2.24) is 9.88 Å². The molecule has 5 nitrogen and oxygen atoms in total. The van der Waals surface area contributed by atoms with Crippen molar-refractivity contribution < 1.29 is 9.90 Å². The van der Waals surface area contributed by atoms with Gasteiger partial charge in [0.25, 0.3) is 0 Å². The van der Waals surface area contributed by atoms with Crippen molar-refractivity contribution in [2.75, 3.05) is 37.7 Å². The maximum Gasteiger partial charge on any atom is 0.161 e. The van der Waals surface area contributed by atoms with Crippen LogP contribution in [0.5, 0.6) is 0 Å². The topological polar surface area (TPSA) is 56.7 Å². The number of carbonyl (C=O) groups is 1. The Labute approximate surface area is 151 Å². The highest BCUT2D eigenvalue weighted by molar-refractivity contribution is 5.93. The normalized spacial score (nSPS) is 23.0. The van der Waals surface area contributed by atoms with Gasteiger partial charge in [-0.25, -0.2) is 4.98 Å². The minimum Gasteiger partial charge on any atom is -0.396 e. The number of Topliss-reactive ketones (excluding diaryl/α,β-unsaturated/α-hetero) is 1. The van der Waals surface area contributed by atoms with E-state index >= 15 is 0 Å². The van der Waals surface area contributed by atoms with Gasteiger partial charge in [0.15, 0.2) is 5.78 Å². The second kappa shape index (κ2) is 8.77. The fourth-order valence-electron chi connectivity index (χ4n) is 4.25. The molecule has 1 aliphatic carbocycles. The number of rotatable bonds is 6. The van der Waals surface area contributed by atoms with Crippen LogP contribution in [0.4, 0.5) is 5.82 Å². The summed E-state index contributed by atoms with van der Waals surface area (Å²) in [6.45, 7) is 5.86. The summed E-state index contributed by atoms with van der Waals surface area (Å²) in [5.41, 5.74) is 0.659. The Morgan fingerprint density at radius 2 is 2.04 bits per heavy atom. The Morgan fingerprint density at radius 1 is 1.24 bits per heavy atom. The molecule has 0 spiro atoms. The van der Waals surface area contributed by atoms with Crippen LogP contribution in [0.3, 0.4) is 0 Å². The van der Waals surface area contributed by atoms with Gasteiger partial charge >= 0.3 is 0 Å². The molecule has 3 rings (SSSR count). The predicted molar refractivity (Wildman–Crippen MR) is 100 cm³/mol. The third kappa shape index (κ3) is 4.79. The number of hydrogen-bond donors (Lipinski definition) is 1. The van der Waals surface area contributed by atoms with E-state index in [1.165, 1.54) is 38.6 Å². The first-order valence-corrected chi connectivity index (χ1v) is 9.74. The second-order valence-electron chi connectivity index (χ2n) is 7.57. The van der Waals surface area contributed by atoms with Crippen molar-refractivity contribution in [2.45, 2.75) is 51.5 Å². The number of pyridine rings is 1. The minimum absolute atomic E-state index is 0.0505. The summed E-state index contributed by atoms with van der Waals surface area (Å²) in [6.07, 6.45) is 9.36. The molecule has 1 aliphatic heterocycles. The van der Waals surface area contributed by atoms with Gasteiger partial charge in [-0.1, -0.05) is 19.3 Å². The predicted octanol–water partition coefficient (Wildman–Crippen LogP) is 2.74. The number of aromatic nitrogens is 1. The van der Waals surface area contributed by atoms with Gasteiger partial charge in [-0.05, 0) is 44.2 Å². The van der Waals surface area contributed by atoms with E-state index in [1.54, 1.807) is 13.1 Å². The highest BCUT2D eigenvalue weighted by atomic mass is 16.3. The molecular formula is C20H31N3O2. The zero-order valence-electron chi connectivity index (χ0n) is 15.4. The molecule has 0 amide bonds. The first kappa shape index (κ1) is 18.3. The molecule has 1 aromatic heterocycles. The van der Waals surface area contributed by atoms with Crippen LogP contribution < -0.4 is 4.90 Å². The molecular weight excluding hydrogens is 314 g/mol. The van der Waals surface area contributed by atoms with E-state index < -0.39 is 0 Å². The lowest BCUT2D eigenvalue weighted by Crippen LogP contribution is -2.55. The van der Waals surface area contributed by atoms with Crippen molar-refractivity contribution in [2.24, 2.45) is 5.92 Å². The van der Waals surface area contributed by atoms with E-state index in [0.29, 0.717) is 11.6 Å². The van der Waals surface area contributed by atoms with E-state index in [4.69, 9.17) is 0 Å². The molecule has 1 N–H and O–H groups in total. The summed E-state index contributed by atoms with van der Waals surface area (Å²) >= 11 is 0. The third-order valence-corrected chi connectivity index (χ3v) is 5.76. The average Bonchev–Trinajstić information content (AvgIpc) is 2.64. The Morgan fingerprint density at radius 3 is 2.68 bits per heavy atom. The number of aliphatic hydroxyl groups excluding tert-OH is 1. The molecule has 1 saturated heterocycles. The van der Waals surface area contributed by atoms with Crippen molar-refractivity contribution in [3.05, 3.63) is 23.9 Å². The monoisotopic (exact) mass is 345 g/mol. The van der Waals surface area contributed by atoms with Gasteiger partial charge in [0.2, 0.25) is 0 Å². The summed E-state index contributed by atoms with van der Waals surface area (Å²) in [6, 6.07) is 4.19. The minimum atomic E-state index is 0.0505. The molecule has 1 aromatic rings. The molecule has 25 heavy (non-hydrogen) atoms. The van der Waals surface area contributed by atoms with E-state index in [9.17, 15) is 9.90 Å². The van der Waals surface area contributed by atoms with Crippen LogP contribution in [0.2, 0.25) is 0 Å². The number of ketones is 1. The van der Waals surface area contributed by atoms with E-state index in [0.717, 1.165) is 37.8 Å². The molecule has 0 radical (unpaired) electrons. The molecule has 2 fully saturated rings. The quantitative estimate of drug-likeness (QED) is 0.804. The zero-order chi connectivity index (χ0) is 17.6. The molecule has 138 valence electrons. The van der Waals surface area contributed by atoms with Crippen molar-refractivity contribution in [3.8, 4) is 0 Å². The summed E-state index contributed by atoms with van der Waals surface area (Å²) in [5.74, 6) is 1.81. The lowest BCUT2D eigenvalue weighted by molar-refractivity contribution is 0.101. The lowest BCUT2D eigenvalue weighted by atomic mass is 9.88. The van der Waals surface area contributed by atoms with Crippen LogP contribution in [-0.2, 0) is 0 Å². The van der Waals surface area contributed by atoms with Gasteiger partial charge in [-0.2, -0.15) is 0 Å².